The van der Waals surface area contributed by atoms with Gasteiger partial charge in [0.25, 0.3) is 0 Å². The average Bonchev–Trinajstić information content (AvgIpc) is 3.09. The maximum atomic E-state index is 13.0. The van der Waals surface area contributed by atoms with Crippen molar-refractivity contribution in [1.29, 1.82) is 0 Å². The van der Waals surface area contributed by atoms with Crippen LogP contribution in [0.5, 0.6) is 0 Å². The second kappa shape index (κ2) is 7.12. The summed E-state index contributed by atoms with van der Waals surface area (Å²) in [6.45, 7) is -0.00581. The number of hydrogen-bond donors (Lipinski definition) is 0. The molecular weight excluding hydrogens is 410 g/mol. The van der Waals surface area contributed by atoms with E-state index in [-0.39, 0.29) is 12.1 Å². The van der Waals surface area contributed by atoms with Crippen LogP contribution < -0.4 is 0 Å². The van der Waals surface area contributed by atoms with Crippen LogP contribution >= 0.6 is 0 Å². The van der Waals surface area contributed by atoms with E-state index in [4.69, 9.17) is 0 Å². The first kappa shape index (κ1) is 19.9. The zero-order valence-corrected chi connectivity index (χ0v) is 15.0. The van der Waals surface area contributed by atoms with Crippen LogP contribution in [0.2, 0.25) is 0 Å². The monoisotopic (exact) mass is 422 g/mol. The number of halogens is 6. The highest BCUT2D eigenvalue weighted by molar-refractivity contribution is 5.80. The summed E-state index contributed by atoms with van der Waals surface area (Å²) in [5, 5.41) is 4.14. The third kappa shape index (κ3) is 3.98. The molecule has 0 saturated carbocycles. The standard InChI is InChI=1S/C20H12F6N4/c21-19(22,23)15-3-1-2-13(5-15)14-6-18-17(28-8-14)10-29-30(18)11-12-4-16(9-27-7-12)20(24,25)26/h1-10H,11H2. The normalized spacial score (nSPS) is 12.5. The lowest BCUT2D eigenvalue weighted by molar-refractivity contribution is -0.138. The third-order valence-corrected chi connectivity index (χ3v) is 4.47. The quantitative estimate of drug-likeness (QED) is 0.405. The fraction of sp³-hybridized carbons (Fsp3) is 0.150. The molecule has 3 aromatic heterocycles. The maximum Gasteiger partial charge on any atom is 0.417 e. The van der Waals surface area contributed by atoms with Crippen LogP contribution in [0.3, 0.4) is 0 Å². The van der Waals surface area contributed by atoms with E-state index in [1.54, 1.807) is 6.07 Å². The Labute approximate surface area is 165 Å². The number of nitrogens with zero attached hydrogens (tertiary/aromatic N) is 4. The zero-order valence-electron chi connectivity index (χ0n) is 15.0. The Bertz CT molecular complexity index is 1210. The molecule has 154 valence electrons. The Morgan fingerprint density at radius 1 is 0.767 bits per heavy atom. The third-order valence-electron chi connectivity index (χ3n) is 4.47. The van der Waals surface area contributed by atoms with Crippen molar-refractivity contribution in [2.24, 2.45) is 0 Å². The van der Waals surface area contributed by atoms with Crippen molar-refractivity contribution in [3.63, 3.8) is 0 Å². The lowest BCUT2D eigenvalue weighted by atomic mass is 10.0. The molecule has 4 rings (SSSR count). The SMILES string of the molecule is FC(F)(F)c1cncc(Cn2ncc3ncc(-c4cccc(C(F)(F)F)c4)cc32)c1. The summed E-state index contributed by atoms with van der Waals surface area (Å²) in [4.78, 5) is 7.83. The number of alkyl halides is 6. The van der Waals surface area contributed by atoms with Crippen molar-refractivity contribution < 1.29 is 26.3 Å². The molecule has 1 aromatic carbocycles. The predicted octanol–water partition coefficient (Wildman–Crippen LogP) is 5.58. The number of fused-ring (bicyclic) bond motifs is 1. The van der Waals surface area contributed by atoms with Gasteiger partial charge in [-0.1, -0.05) is 12.1 Å². The second-order valence-corrected chi connectivity index (χ2v) is 6.59. The largest absolute Gasteiger partial charge is 0.417 e. The highest BCUT2D eigenvalue weighted by atomic mass is 19.4. The fourth-order valence-electron chi connectivity index (χ4n) is 3.02. The van der Waals surface area contributed by atoms with Crippen LogP contribution in [-0.4, -0.2) is 19.7 Å². The Morgan fingerprint density at radius 3 is 2.27 bits per heavy atom. The second-order valence-electron chi connectivity index (χ2n) is 6.59. The Kier molecular flexibility index (Phi) is 4.71. The van der Waals surface area contributed by atoms with Crippen LogP contribution in [0.1, 0.15) is 16.7 Å². The van der Waals surface area contributed by atoms with E-state index in [0.717, 1.165) is 24.4 Å². The maximum absolute atomic E-state index is 13.0. The van der Waals surface area contributed by atoms with Crippen molar-refractivity contribution in [3.8, 4) is 11.1 Å². The molecule has 0 unspecified atom stereocenters. The Balaban J connectivity index is 1.71. The molecule has 0 aliphatic carbocycles. The Morgan fingerprint density at radius 2 is 1.53 bits per heavy atom. The lowest BCUT2D eigenvalue weighted by Crippen LogP contribution is -2.08. The number of benzene rings is 1. The summed E-state index contributed by atoms with van der Waals surface area (Å²) in [7, 11) is 0. The topological polar surface area (TPSA) is 43.6 Å². The van der Waals surface area contributed by atoms with E-state index in [0.29, 0.717) is 22.2 Å². The Hall–Kier alpha value is -3.43. The highest BCUT2D eigenvalue weighted by Crippen LogP contribution is 2.33. The number of aromatic nitrogens is 4. The summed E-state index contributed by atoms with van der Waals surface area (Å²) < 4.78 is 79.1. The van der Waals surface area contributed by atoms with E-state index < -0.39 is 23.5 Å². The van der Waals surface area contributed by atoms with Crippen molar-refractivity contribution in [1.82, 2.24) is 19.7 Å². The van der Waals surface area contributed by atoms with E-state index >= 15 is 0 Å². The number of rotatable bonds is 3. The summed E-state index contributed by atoms with van der Waals surface area (Å²) in [5.74, 6) is 0. The molecule has 10 heteroatoms. The van der Waals surface area contributed by atoms with Gasteiger partial charge >= 0.3 is 12.4 Å². The zero-order chi connectivity index (χ0) is 21.5. The fourth-order valence-corrected chi connectivity index (χ4v) is 3.02. The molecule has 4 aromatic rings. The van der Waals surface area contributed by atoms with Gasteiger partial charge in [-0.15, -0.1) is 0 Å². The molecule has 3 heterocycles. The van der Waals surface area contributed by atoms with Gasteiger partial charge < -0.3 is 0 Å². The lowest BCUT2D eigenvalue weighted by Gasteiger charge is -2.10. The van der Waals surface area contributed by atoms with Gasteiger partial charge in [-0.3, -0.25) is 14.6 Å². The first-order valence-electron chi connectivity index (χ1n) is 8.61. The number of hydrogen-bond acceptors (Lipinski definition) is 3. The molecule has 0 aliphatic rings. The van der Waals surface area contributed by atoms with Gasteiger partial charge in [0, 0.05) is 24.2 Å². The number of pyridine rings is 2. The van der Waals surface area contributed by atoms with E-state index in [1.165, 1.54) is 35.4 Å². The van der Waals surface area contributed by atoms with E-state index in [2.05, 4.69) is 15.1 Å². The summed E-state index contributed by atoms with van der Waals surface area (Å²) >= 11 is 0. The van der Waals surface area contributed by atoms with Gasteiger partial charge in [0.05, 0.1) is 29.4 Å². The first-order chi connectivity index (χ1) is 14.1. The molecule has 0 bridgehead atoms. The molecule has 0 atom stereocenters. The van der Waals surface area contributed by atoms with Crippen LogP contribution in [-0.2, 0) is 18.9 Å². The van der Waals surface area contributed by atoms with Crippen LogP contribution in [0, 0.1) is 0 Å². The van der Waals surface area contributed by atoms with Crippen molar-refractivity contribution in [2.45, 2.75) is 18.9 Å². The van der Waals surface area contributed by atoms with Gasteiger partial charge in [0.1, 0.15) is 5.52 Å². The molecule has 0 amide bonds. The van der Waals surface area contributed by atoms with E-state index in [1.807, 2.05) is 0 Å². The van der Waals surface area contributed by atoms with Crippen molar-refractivity contribution >= 4 is 11.0 Å². The smallest absolute Gasteiger partial charge is 0.264 e. The van der Waals surface area contributed by atoms with Gasteiger partial charge in [-0.2, -0.15) is 31.4 Å². The van der Waals surface area contributed by atoms with Crippen molar-refractivity contribution in [2.75, 3.05) is 0 Å². The minimum absolute atomic E-state index is 0.00581. The van der Waals surface area contributed by atoms with Crippen LogP contribution in [0.15, 0.2) is 61.2 Å². The molecule has 30 heavy (non-hydrogen) atoms. The molecule has 0 saturated heterocycles. The van der Waals surface area contributed by atoms with Crippen molar-refractivity contribution in [3.05, 3.63) is 77.9 Å². The summed E-state index contributed by atoms with van der Waals surface area (Å²) in [5.41, 5.74) is 0.292. The molecule has 0 radical (unpaired) electrons. The van der Waals surface area contributed by atoms with Crippen LogP contribution in [0.4, 0.5) is 26.3 Å². The summed E-state index contributed by atoms with van der Waals surface area (Å²) in [6, 6.07) is 7.39. The predicted molar refractivity (Wildman–Crippen MR) is 96.3 cm³/mol. The molecule has 0 N–H and O–H groups in total. The minimum Gasteiger partial charge on any atom is -0.264 e. The minimum atomic E-state index is -4.52. The van der Waals surface area contributed by atoms with Gasteiger partial charge in [-0.25, -0.2) is 0 Å². The van der Waals surface area contributed by atoms with Gasteiger partial charge in [0.2, 0.25) is 0 Å². The molecule has 4 nitrogen and oxygen atoms in total. The van der Waals surface area contributed by atoms with Gasteiger partial charge in [0.15, 0.2) is 0 Å². The van der Waals surface area contributed by atoms with Gasteiger partial charge in [-0.05, 0) is 35.4 Å². The molecule has 0 spiro atoms. The average molecular weight is 422 g/mol. The van der Waals surface area contributed by atoms with Crippen LogP contribution in [0.25, 0.3) is 22.2 Å². The summed E-state index contributed by atoms with van der Waals surface area (Å²) in [6.07, 6.45) is -4.11. The molecule has 0 fully saturated rings. The molecule has 0 aliphatic heterocycles. The first-order valence-corrected chi connectivity index (χ1v) is 8.61. The molecular formula is C20H12F6N4. The van der Waals surface area contributed by atoms with E-state index in [9.17, 15) is 26.3 Å². The highest BCUT2D eigenvalue weighted by Gasteiger charge is 2.31.